The number of benzene rings is 1. The second-order valence-corrected chi connectivity index (χ2v) is 5.98. The maximum Gasteiger partial charge on any atom is 0.273 e. The van der Waals surface area contributed by atoms with E-state index in [4.69, 9.17) is 0 Å². The molecule has 7 nitrogen and oxygen atoms in total. The molecule has 0 saturated heterocycles. The van der Waals surface area contributed by atoms with Crippen LogP contribution in [0.3, 0.4) is 0 Å². The first-order valence-corrected chi connectivity index (χ1v) is 8.39. The van der Waals surface area contributed by atoms with Gasteiger partial charge in [-0.1, -0.05) is 18.2 Å². The molecule has 0 unspecified atom stereocenters. The maximum absolute atomic E-state index is 12.4. The molecular formula is C18H24Cl2N6O. The number of amides is 1. The first kappa shape index (κ1) is 22.8. The summed E-state index contributed by atoms with van der Waals surface area (Å²) in [6, 6.07) is 9.94. The zero-order chi connectivity index (χ0) is 17.8. The summed E-state index contributed by atoms with van der Waals surface area (Å²) < 4.78 is 1.68. The fraction of sp³-hybridized carbons (Fsp3) is 0.333. The van der Waals surface area contributed by atoms with E-state index in [9.17, 15) is 4.79 Å². The van der Waals surface area contributed by atoms with Gasteiger partial charge in [0.1, 0.15) is 0 Å². The van der Waals surface area contributed by atoms with E-state index in [1.165, 1.54) is 0 Å². The molecule has 0 aliphatic heterocycles. The molecule has 9 heteroatoms. The van der Waals surface area contributed by atoms with Crippen molar-refractivity contribution in [2.24, 2.45) is 0 Å². The van der Waals surface area contributed by atoms with Gasteiger partial charge < -0.3 is 10.6 Å². The number of carbonyl (C=O) groups excluding carboxylic acids is 1. The summed E-state index contributed by atoms with van der Waals surface area (Å²) in [7, 11) is 0. The Hall–Kier alpha value is -2.22. The number of fused-ring (bicyclic) bond motifs is 1. The second kappa shape index (κ2) is 10.2. The van der Waals surface area contributed by atoms with Crippen LogP contribution in [0, 0.1) is 6.92 Å². The normalized spacial score (nSPS) is 11.4. The fourth-order valence-electron chi connectivity index (χ4n) is 2.73. The highest BCUT2D eigenvalue weighted by molar-refractivity contribution is 5.93. The lowest BCUT2D eigenvalue weighted by molar-refractivity contribution is 0.0944. The summed E-state index contributed by atoms with van der Waals surface area (Å²) in [5.74, 6) is -0.212. The van der Waals surface area contributed by atoms with Crippen molar-refractivity contribution >= 4 is 41.6 Å². The van der Waals surface area contributed by atoms with Crippen molar-refractivity contribution in [3.05, 3.63) is 47.9 Å². The second-order valence-electron chi connectivity index (χ2n) is 5.98. The van der Waals surface area contributed by atoms with Gasteiger partial charge in [-0.05, 0) is 44.7 Å². The predicted molar refractivity (Wildman–Crippen MR) is 111 cm³/mol. The quantitative estimate of drug-likeness (QED) is 0.652. The molecule has 0 aliphatic rings. The molecule has 0 aliphatic carbocycles. The summed E-state index contributed by atoms with van der Waals surface area (Å²) in [6.45, 7) is 7.31. The van der Waals surface area contributed by atoms with Crippen LogP contribution in [0.1, 0.15) is 30.0 Å². The number of pyridine rings is 1. The van der Waals surface area contributed by atoms with E-state index in [1.807, 2.05) is 51.1 Å². The Morgan fingerprint density at radius 1 is 1.26 bits per heavy atom. The third kappa shape index (κ3) is 5.15. The molecule has 0 bridgehead atoms. The standard InChI is InChI=1S/C18H22N6O.2ClH/c1-4-19-12(2)11-21-18(25)17-13(3)24(23-22-17)15-7-8-16-14(10-15)6-5-9-20-16;;/h5-10,12,19H,4,11H2,1-3H3,(H,21,25);2*1H/t12-;;/m1../s1. The lowest BCUT2D eigenvalue weighted by Gasteiger charge is -2.12. The van der Waals surface area contributed by atoms with Crippen LogP contribution in [0.25, 0.3) is 16.6 Å². The fourth-order valence-corrected chi connectivity index (χ4v) is 2.73. The van der Waals surface area contributed by atoms with Gasteiger partial charge in [0.25, 0.3) is 5.91 Å². The molecule has 2 heterocycles. The zero-order valence-corrected chi connectivity index (χ0v) is 17.1. The molecule has 1 aromatic carbocycles. The number of hydrogen-bond donors (Lipinski definition) is 2. The van der Waals surface area contributed by atoms with Gasteiger partial charge in [-0.2, -0.15) is 0 Å². The van der Waals surface area contributed by atoms with Crippen molar-refractivity contribution in [2.75, 3.05) is 13.1 Å². The summed E-state index contributed by atoms with van der Waals surface area (Å²) in [5, 5.41) is 15.4. The minimum Gasteiger partial charge on any atom is -0.349 e. The summed E-state index contributed by atoms with van der Waals surface area (Å²) >= 11 is 0. The van der Waals surface area contributed by atoms with Crippen molar-refractivity contribution in [1.29, 1.82) is 0 Å². The Labute approximate surface area is 170 Å². The van der Waals surface area contributed by atoms with Gasteiger partial charge in [0.15, 0.2) is 5.69 Å². The molecular weight excluding hydrogens is 387 g/mol. The van der Waals surface area contributed by atoms with Gasteiger partial charge in [-0.3, -0.25) is 9.78 Å². The first-order chi connectivity index (χ1) is 12.1. The Kier molecular flexibility index (Phi) is 8.62. The van der Waals surface area contributed by atoms with Crippen LogP contribution in [0.4, 0.5) is 0 Å². The first-order valence-electron chi connectivity index (χ1n) is 8.39. The van der Waals surface area contributed by atoms with Crippen LogP contribution in [-0.4, -0.2) is 45.0 Å². The van der Waals surface area contributed by atoms with E-state index in [0.29, 0.717) is 17.9 Å². The van der Waals surface area contributed by atoms with Crippen LogP contribution in [0.2, 0.25) is 0 Å². The van der Waals surface area contributed by atoms with E-state index in [-0.39, 0.29) is 36.8 Å². The zero-order valence-electron chi connectivity index (χ0n) is 15.5. The van der Waals surface area contributed by atoms with Crippen molar-refractivity contribution in [3.63, 3.8) is 0 Å². The van der Waals surface area contributed by atoms with Gasteiger partial charge in [0.05, 0.1) is 16.9 Å². The third-order valence-electron chi connectivity index (χ3n) is 4.06. The number of aromatic nitrogens is 4. The van der Waals surface area contributed by atoms with E-state index in [2.05, 4.69) is 25.9 Å². The van der Waals surface area contributed by atoms with E-state index in [1.54, 1.807) is 10.9 Å². The molecule has 0 saturated carbocycles. The maximum atomic E-state index is 12.4. The molecule has 0 radical (unpaired) electrons. The highest BCUT2D eigenvalue weighted by Crippen LogP contribution is 2.18. The van der Waals surface area contributed by atoms with Crippen molar-refractivity contribution in [1.82, 2.24) is 30.6 Å². The number of nitrogens with zero attached hydrogens (tertiary/aromatic N) is 4. The molecule has 1 atom stereocenters. The Morgan fingerprint density at radius 3 is 2.78 bits per heavy atom. The van der Waals surface area contributed by atoms with Gasteiger partial charge in [0, 0.05) is 24.2 Å². The van der Waals surface area contributed by atoms with E-state index in [0.717, 1.165) is 23.1 Å². The highest BCUT2D eigenvalue weighted by atomic mass is 35.5. The van der Waals surface area contributed by atoms with Crippen LogP contribution in [0.15, 0.2) is 36.5 Å². The average molecular weight is 411 g/mol. The minimum absolute atomic E-state index is 0. The van der Waals surface area contributed by atoms with E-state index < -0.39 is 0 Å². The molecule has 1 amide bonds. The van der Waals surface area contributed by atoms with Gasteiger partial charge in [-0.25, -0.2) is 4.68 Å². The summed E-state index contributed by atoms with van der Waals surface area (Å²) in [6.07, 6.45) is 1.76. The highest BCUT2D eigenvalue weighted by Gasteiger charge is 2.17. The van der Waals surface area contributed by atoms with Crippen molar-refractivity contribution in [2.45, 2.75) is 26.8 Å². The van der Waals surface area contributed by atoms with Crippen molar-refractivity contribution < 1.29 is 4.79 Å². The largest absolute Gasteiger partial charge is 0.349 e. The molecule has 0 fully saturated rings. The van der Waals surface area contributed by atoms with Crippen LogP contribution in [-0.2, 0) is 0 Å². The Bertz CT molecular complexity index is 898. The third-order valence-corrected chi connectivity index (χ3v) is 4.06. The lowest BCUT2D eigenvalue weighted by Crippen LogP contribution is -2.39. The Balaban J connectivity index is 0.00000182. The molecule has 2 N–H and O–H groups in total. The van der Waals surface area contributed by atoms with Crippen LogP contribution < -0.4 is 10.6 Å². The SMILES string of the molecule is CCN[C@H](C)CNC(=O)c1nnn(-c2ccc3ncccc3c2)c1C.Cl.Cl. The summed E-state index contributed by atoms with van der Waals surface area (Å²) in [4.78, 5) is 16.7. The minimum atomic E-state index is -0.212. The van der Waals surface area contributed by atoms with Gasteiger partial charge in [0.2, 0.25) is 0 Å². The molecule has 3 rings (SSSR count). The molecule has 3 aromatic rings. The number of halogens is 2. The Morgan fingerprint density at radius 2 is 2.04 bits per heavy atom. The van der Waals surface area contributed by atoms with Crippen LogP contribution in [0.5, 0.6) is 0 Å². The van der Waals surface area contributed by atoms with Gasteiger partial charge >= 0.3 is 0 Å². The number of hydrogen-bond acceptors (Lipinski definition) is 5. The number of carbonyl (C=O) groups is 1. The van der Waals surface area contributed by atoms with Crippen molar-refractivity contribution in [3.8, 4) is 5.69 Å². The smallest absolute Gasteiger partial charge is 0.273 e. The van der Waals surface area contributed by atoms with E-state index >= 15 is 0 Å². The molecule has 0 spiro atoms. The number of likely N-dealkylation sites (N-methyl/N-ethyl adjacent to an activating group) is 1. The molecule has 146 valence electrons. The topological polar surface area (TPSA) is 84.7 Å². The predicted octanol–water partition coefficient (Wildman–Crippen LogP) is 2.70. The average Bonchev–Trinajstić information content (AvgIpc) is 3.01. The number of rotatable bonds is 6. The molecule has 27 heavy (non-hydrogen) atoms. The monoisotopic (exact) mass is 410 g/mol. The number of nitrogens with one attached hydrogen (secondary N) is 2. The van der Waals surface area contributed by atoms with Gasteiger partial charge in [-0.15, -0.1) is 29.9 Å². The van der Waals surface area contributed by atoms with Crippen LogP contribution >= 0.6 is 24.8 Å². The molecule has 2 aromatic heterocycles. The summed E-state index contributed by atoms with van der Waals surface area (Å²) in [5.41, 5.74) is 2.82. The lowest BCUT2D eigenvalue weighted by atomic mass is 10.2.